The lowest BCUT2D eigenvalue weighted by molar-refractivity contribution is -0.130. The monoisotopic (exact) mass is 268 g/mol. The van der Waals surface area contributed by atoms with Crippen LogP contribution in [-0.2, 0) is 10.2 Å². The minimum absolute atomic E-state index is 0.0665. The van der Waals surface area contributed by atoms with Crippen LogP contribution >= 0.6 is 0 Å². The van der Waals surface area contributed by atoms with Gasteiger partial charge in [0.1, 0.15) is 0 Å². The van der Waals surface area contributed by atoms with Crippen LogP contribution in [0.4, 0.5) is 5.69 Å². The first kappa shape index (κ1) is 11.2. The molecule has 3 heterocycles. The fourth-order valence-electron chi connectivity index (χ4n) is 5.63. The van der Waals surface area contributed by atoms with Crippen LogP contribution in [0.1, 0.15) is 37.7 Å². The molecule has 2 saturated heterocycles. The zero-order chi connectivity index (χ0) is 13.3. The first-order chi connectivity index (χ1) is 9.80. The number of amides is 1. The Hall–Kier alpha value is -1.51. The van der Waals surface area contributed by atoms with Gasteiger partial charge in [-0.15, -0.1) is 0 Å². The summed E-state index contributed by atoms with van der Waals surface area (Å²) in [6.07, 6.45) is 5.73. The van der Waals surface area contributed by atoms with Gasteiger partial charge in [-0.1, -0.05) is 18.2 Å². The molecular formula is C17H20N2O. The van der Waals surface area contributed by atoms with Crippen molar-refractivity contribution < 1.29 is 4.79 Å². The number of benzene rings is 1. The van der Waals surface area contributed by atoms with E-state index in [9.17, 15) is 4.79 Å². The molecular weight excluding hydrogens is 248 g/mol. The molecule has 5 rings (SSSR count). The summed E-state index contributed by atoms with van der Waals surface area (Å²) in [5, 5.41) is 3.73. The van der Waals surface area contributed by atoms with Gasteiger partial charge in [0.05, 0.1) is 0 Å². The first-order valence-corrected chi connectivity index (χ1v) is 7.96. The molecule has 20 heavy (non-hydrogen) atoms. The third-order valence-electron chi connectivity index (χ3n) is 6.25. The molecule has 4 atom stereocenters. The highest BCUT2D eigenvalue weighted by Crippen LogP contribution is 2.58. The Balaban J connectivity index is 1.74. The molecule has 4 aliphatic rings. The van der Waals surface area contributed by atoms with E-state index in [0.29, 0.717) is 18.0 Å². The van der Waals surface area contributed by atoms with Gasteiger partial charge in [-0.3, -0.25) is 4.79 Å². The van der Waals surface area contributed by atoms with Crippen LogP contribution in [0.5, 0.6) is 0 Å². The van der Waals surface area contributed by atoms with Crippen molar-refractivity contribution in [2.75, 3.05) is 11.9 Å². The number of anilines is 1. The highest BCUT2D eigenvalue weighted by atomic mass is 16.2. The summed E-state index contributed by atoms with van der Waals surface area (Å²) < 4.78 is 0. The SMILES string of the molecule is O=C1C[C@@]23c4ccccc4N[C@@H]2CC[C@H]2CCCN1[C@H]23. The van der Waals surface area contributed by atoms with Crippen molar-refractivity contribution in [3.63, 3.8) is 0 Å². The molecule has 1 aromatic carbocycles. The Bertz CT molecular complexity index is 598. The van der Waals surface area contributed by atoms with E-state index >= 15 is 0 Å². The summed E-state index contributed by atoms with van der Waals surface area (Å²) in [7, 11) is 0. The average Bonchev–Trinajstić information content (AvgIpc) is 2.96. The number of fused-ring (bicyclic) bond motifs is 1. The van der Waals surface area contributed by atoms with E-state index in [4.69, 9.17) is 0 Å². The van der Waals surface area contributed by atoms with Gasteiger partial charge in [0.15, 0.2) is 0 Å². The van der Waals surface area contributed by atoms with E-state index in [1.807, 2.05) is 0 Å². The summed E-state index contributed by atoms with van der Waals surface area (Å²) >= 11 is 0. The fraction of sp³-hybridized carbons (Fsp3) is 0.588. The molecule has 1 aliphatic carbocycles. The molecule has 3 nitrogen and oxygen atoms in total. The lowest BCUT2D eigenvalue weighted by Gasteiger charge is -2.50. The zero-order valence-corrected chi connectivity index (χ0v) is 11.6. The molecule has 0 bridgehead atoms. The lowest BCUT2D eigenvalue weighted by atomic mass is 9.60. The maximum Gasteiger partial charge on any atom is 0.223 e. The van der Waals surface area contributed by atoms with Crippen molar-refractivity contribution in [3.8, 4) is 0 Å². The number of carbonyl (C=O) groups excluding carboxylic acids is 1. The van der Waals surface area contributed by atoms with Gasteiger partial charge in [-0.25, -0.2) is 0 Å². The first-order valence-electron chi connectivity index (χ1n) is 7.96. The highest BCUT2D eigenvalue weighted by Gasteiger charge is 2.64. The third kappa shape index (κ3) is 1.12. The number of carbonyl (C=O) groups is 1. The predicted molar refractivity (Wildman–Crippen MR) is 77.6 cm³/mol. The van der Waals surface area contributed by atoms with Gasteiger partial charge in [0.2, 0.25) is 5.91 Å². The Labute approximate surface area is 119 Å². The van der Waals surface area contributed by atoms with E-state index in [1.54, 1.807) is 0 Å². The number of rotatable bonds is 0. The van der Waals surface area contributed by atoms with Crippen molar-refractivity contribution in [3.05, 3.63) is 29.8 Å². The number of nitrogens with one attached hydrogen (secondary N) is 1. The van der Waals surface area contributed by atoms with Crippen LogP contribution in [0, 0.1) is 5.92 Å². The molecule has 0 radical (unpaired) electrons. The molecule has 3 heteroatoms. The van der Waals surface area contributed by atoms with Crippen molar-refractivity contribution in [2.45, 2.75) is 49.6 Å². The smallest absolute Gasteiger partial charge is 0.223 e. The summed E-state index contributed by atoms with van der Waals surface area (Å²) in [5.74, 6) is 1.12. The second-order valence-electron chi connectivity index (χ2n) is 6.97. The Kier molecular flexibility index (Phi) is 2.00. The third-order valence-corrected chi connectivity index (χ3v) is 6.25. The number of hydrogen-bond donors (Lipinski definition) is 1. The summed E-state index contributed by atoms with van der Waals surface area (Å²) in [6.45, 7) is 0.983. The molecule has 1 spiro atoms. The second kappa shape index (κ2) is 3.57. The van der Waals surface area contributed by atoms with E-state index in [2.05, 4.69) is 34.5 Å². The molecule has 0 unspecified atom stereocenters. The minimum Gasteiger partial charge on any atom is -0.381 e. The predicted octanol–water partition coefficient (Wildman–Crippen LogP) is 2.52. The largest absolute Gasteiger partial charge is 0.381 e. The van der Waals surface area contributed by atoms with Crippen molar-refractivity contribution >= 4 is 11.6 Å². The average molecular weight is 268 g/mol. The lowest BCUT2D eigenvalue weighted by Crippen LogP contribution is -2.58. The van der Waals surface area contributed by atoms with Gasteiger partial charge < -0.3 is 10.2 Å². The maximum atomic E-state index is 12.6. The van der Waals surface area contributed by atoms with Crippen LogP contribution in [-0.4, -0.2) is 29.4 Å². The van der Waals surface area contributed by atoms with Gasteiger partial charge in [0, 0.05) is 36.2 Å². The normalized spacial score (nSPS) is 40.9. The molecule has 0 aromatic heterocycles. The van der Waals surface area contributed by atoms with Gasteiger partial charge in [-0.2, -0.15) is 0 Å². The van der Waals surface area contributed by atoms with Crippen LogP contribution in [0.3, 0.4) is 0 Å². The summed E-state index contributed by atoms with van der Waals surface area (Å²) in [6, 6.07) is 9.61. The van der Waals surface area contributed by atoms with Crippen LogP contribution in [0.25, 0.3) is 0 Å². The van der Waals surface area contributed by atoms with E-state index in [0.717, 1.165) is 18.9 Å². The number of para-hydroxylation sites is 1. The summed E-state index contributed by atoms with van der Waals surface area (Å²) in [5.41, 5.74) is 2.76. The quantitative estimate of drug-likeness (QED) is 0.784. The van der Waals surface area contributed by atoms with Crippen LogP contribution in [0.2, 0.25) is 0 Å². The number of piperidine rings is 1. The molecule has 1 saturated carbocycles. The standard InChI is InChI=1S/C17H20N2O/c20-15-10-17-12-5-1-2-6-13(12)18-14(17)8-7-11-4-3-9-19(15)16(11)17/h1-2,5-6,11,14,16,18H,3-4,7-10H2/t11-,14-,16-,17-/m1/s1. The van der Waals surface area contributed by atoms with Crippen molar-refractivity contribution in [1.29, 1.82) is 0 Å². The molecule has 3 fully saturated rings. The molecule has 104 valence electrons. The Morgan fingerprint density at radius 1 is 1.20 bits per heavy atom. The Morgan fingerprint density at radius 2 is 2.10 bits per heavy atom. The molecule has 1 aromatic rings. The van der Waals surface area contributed by atoms with Crippen LogP contribution < -0.4 is 5.32 Å². The van der Waals surface area contributed by atoms with Crippen molar-refractivity contribution in [1.82, 2.24) is 4.90 Å². The number of hydrogen-bond acceptors (Lipinski definition) is 2. The van der Waals surface area contributed by atoms with Crippen LogP contribution in [0.15, 0.2) is 24.3 Å². The summed E-state index contributed by atoms with van der Waals surface area (Å²) in [4.78, 5) is 14.8. The second-order valence-corrected chi connectivity index (χ2v) is 6.97. The van der Waals surface area contributed by atoms with E-state index in [1.165, 1.54) is 36.9 Å². The Morgan fingerprint density at radius 3 is 3.05 bits per heavy atom. The van der Waals surface area contributed by atoms with Gasteiger partial charge in [-0.05, 0) is 43.2 Å². The maximum absolute atomic E-state index is 12.6. The molecule has 3 aliphatic heterocycles. The fourth-order valence-corrected chi connectivity index (χ4v) is 5.63. The topological polar surface area (TPSA) is 32.3 Å². The minimum atomic E-state index is 0.0665. The zero-order valence-electron chi connectivity index (χ0n) is 11.6. The molecule has 1 N–H and O–H groups in total. The van der Waals surface area contributed by atoms with Gasteiger partial charge >= 0.3 is 0 Å². The highest BCUT2D eigenvalue weighted by molar-refractivity contribution is 5.85. The van der Waals surface area contributed by atoms with E-state index < -0.39 is 0 Å². The molecule has 1 amide bonds. The van der Waals surface area contributed by atoms with Gasteiger partial charge in [0.25, 0.3) is 0 Å². The van der Waals surface area contributed by atoms with E-state index in [-0.39, 0.29) is 5.41 Å². The van der Waals surface area contributed by atoms with Crippen molar-refractivity contribution in [2.24, 2.45) is 5.92 Å². The number of nitrogens with zero attached hydrogens (tertiary/aromatic N) is 1.